The molecular formula is C56H51N7. The number of hydrogen-bond donors (Lipinski definition) is 2. The van der Waals surface area contributed by atoms with Crippen molar-refractivity contribution in [2.24, 2.45) is 16.1 Å². The summed E-state index contributed by atoms with van der Waals surface area (Å²) in [6.45, 7) is 8.19. The van der Waals surface area contributed by atoms with Crippen LogP contribution in [-0.2, 0) is 0 Å². The first-order valence-corrected chi connectivity index (χ1v) is 21.6. The quantitative estimate of drug-likeness (QED) is 0.0949. The second-order valence-electron chi connectivity index (χ2n) is 16.1. The standard InChI is InChI=1S/C56H51N7/c1-4-41-39-61(38-40(2)3)60-55-51(41)52(42-30-34-49(35-31-42)62(45-22-12-6-13-23-45)46-24-14-7-15-25-46)56(59-58-44-20-10-5-11-21-44)54(57)53(55)43-32-36-50(37-33-43)63(47-26-16-8-17-27-47)48-28-18-9-19-29-48/h4-37,40,60H,38-39,57H2,1-3H3/b41-4-,59-58?. The number of nitrogens with zero attached hydrogens (tertiary/aromatic N) is 5. The second-order valence-corrected chi connectivity index (χ2v) is 16.1. The Morgan fingerprint density at radius 1 is 0.524 bits per heavy atom. The minimum atomic E-state index is 0.433. The maximum Gasteiger partial charge on any atom is 0.118 e. The molecule has 0 bridgehead atoms. The Morgan fingerprint density at radius 3 is 1.33 bits per heavy atom. The fourth-order valence-electron chi connectivity index (χ4n) is 8.50. The monoisotopic (exact) mass is 821 g/mol. The van der Waals surface area contributed by atoms with E-state index in [1.807, 2.05) is 54.6 Å². The first kappa shape index (κ1) is 40.7. The number of benzene rings is 8. The van der Waals surface area contributed by atoms with E-state index < -0.39 is 0 Å². The van der Waals surface area contributed by atoms with Gasteiger partial charge in [-0.15, -0.1) is 5.11 Å². The van der Waals surface area contributed by atoms with Gasteiger partial charge in [0.1, 0.15) is 5.69 Å². The topological polar surface area (TPSA) is 72.5 Å². The van der Waals surface area contributed by atoms with E-state index in [1.54, 1.807) is 0 Å². The number of fused-ring (bicyclic) bond motifs is 1. The third kappa shape index (κ3) is 8.60. The molecule has 0 aromatic heterocycles. The van der Waals surface area contributed by atoms with Crippen molar-refractivity contribution in [1.82, 2.24) is 5.01 Å². The van der Waals surface area contributed by atoms with Crippen LogP contribution in [0, 0.1) is 5.92 Å². The third-order valence-electron chi connectivity index (χ3n) is 11.3. The highest BCUT2D eigenvalue weighted by Crippen LogP contribution is 2.54. The fourth-order valence-corrected chi connectivity index (χ4v) is 8.50. The molecule has 310 valence electrons. The summed E-state index contributed by atoms with van der Waals surface area (Å²) in [5.74, 6) is 0.433. The molecule has 0 amide bonds. The smallest absolute Gasteiger partial charge is 0.118 e. The van der Waals surface area contributed by atoms with Crippen LogP contribution >= 0.6 is 0 Å². The first-order valence-electron chi connectivity index (χ1n) is 21.6. The van der Waals surface area contributed by atoms with Gasteiger partial charge in [-0.2, -0.15) is 5.11 Å². The number of anilines is 8. The largest absolute Gasteiger partial charge is 0.396 e. The van der Waals surface area contributed by atoms with Crippen molar-refractivity contribution in [3.05, 3.63) is 212 Å². The van der Waals surface area contributed by atoms with Gasteiger partial charge in [0, 0.05) is 63.9 Å². The Labute approximate surface area is 371 Å². The van der Waals surface area contributed by atoms with E-state index in [0.717, 1.165) is 79.9 Å². The van der Waals surface area contributed by atoms with Crippen LogP contribution in [0.4, 0.5) is 56.9 Å². The van der Waals surface area contributed by atoms with Gasteiger partial charge in [0.2, 0.25) is 0 Å². The maximum absolute atomic E-state index is 7.54. The van der Waals surface area contributed by atoms with E-state index in [9.17, 15) is 0 Å². The van der Waals surface area contributed by atoms with Crippen LogP contribution in [0.25, 0.3) is 27.8 Å². The van der Waals surface area contributed by atoms with E-state index >= 15 is 0 Å². The minimum Gasteiger partial charge on any atom is -0.396 e. The van der Waals surface area contributed by atoms with Crippen molar-refractivity contribution in [2.75, 3.05) is 34.0 Å². The van der Waals surface area contributed by atoms with Gasteiger partial charge < -0.3 is 21.0 Å². The lowest BCUT2D eigenvalue weighted by atomic mass is 9.84. The summed E-state index contributed by atoms with van der Waals surface area (Å²) in [7, 11) is 0. The Morgan fingerprint density at radius 2 is 0.921 bits per heavy atom. The molecule has 0 unspecified atom stereocenters. The molecule has 0 aliphatic carbocycles. The number of nitrogens with two attached hydrogens (primary N) is 1. The zero-order chi connectivity index (χ0) is 43.1. The van der Waals surface area contributed by atoms with Gasteiger partial charge in [-0.3, -0.25) is 0 Å². The zero-order valence-electron chi connectivity index (χ0n) is 35.9. The molecule has 7 heteroatoms. The lowest BCUT2D eigenvalue weighted by Crippen LogP contribution is -2.38. The molecular weight excluding hydrogens is 771 g/mol. The lowest BCUT2D eigenvalue weighted by Gasteiger charge is -2.37. The molecule has 0 fully saturated rings. The summed E-state index contributed by atoms with van der Waals surface area (Å²) < 4.78 is 0. The van der Waals surface area contributed by atoms with Crippen molar-refractivity contribution < 1.29 is 0 Å². The molecule has 9 rings (SSSR count). The molecule has 8 aromatic rings. The molecule has 1 aliphatic heterocycles. The number of hydrogen-bond acceptors (Lipinski definition) is 7. The molecule has 3 N–H and O–H groups in total. The Hall–Kier alpha value is -7.74. The van der Waals surface area contributed by atoms with E-state index in [1.165, 1.54) is 5.57 Å². The Bertz CT molecular complexity index is 2750. The number of nitrogen functional groups attached to an aromatic ring is 1. The highest BCUT2D eigenvalue weighted by molar-refractivity contribution is 6.08. The summed E-state index contributed by atoms with van der Waals surface area (Å²) in [4.78, 5) is 4.54. The molecule has 0 radical (unpaired) electrons. The zero-order valence-corrected chi connectivity index (χ0v) is 35.9. The average molecular weight is 822 g/mol. The van der Waals surface area contributed by atoms with Crippen LogP contribution in [0.15, 0.2) is 216 Å². The number of azo groups is 1. The summed E-state index contributed by atoms with van der Waals surface area (Å²) >= 11 is 0. The normalized spacial score (nSPS) is 13.2. The maximum atomic E-state index is 7.54. The predicted molar refractivity (Wildman–Crippen MR) is 265 cm³/mol. The van der Waals surface area contributed by atoms with Gasteiger partial charge in [0.05, 0.1) is 17.1 Å². The molecule has 0 spiro atoms. The van der Waals surface area contributed by atoms with Gasteiger partial charge >= 0.3 is 0 Å². The first-order chi connectivity index (χ1) is 31.0. The van der Waals surface area contributed by atoms with Gasteiger partial charge in [-0.05, 0) is 114 Å². The van der Waals surface area contributed by atoms with Crippen LogP contribution in [0.2, 0.25) is 0 Å². The number of rotatable bonds is 12. The van der Waals surface area contributed by atoms with Crippen LogP contribution in [0.1, 0.15) is 26.3 Å². The van der Waals surface area contributed by atoms with Gasteiger partial charge in [-0.1, -0.05) is 135 Å². The van der Waals surface area contributed by atoms with Crippen molar-refractivity contribution in [3.8, 4) is 22.3 Å². The molecule has 0 atom stereocenters. The molecule has 0 saturated carbocycles. The van der Waals surface area contributed by atoms with Gasteiger partial charge in [0.25, 0.3) is 0 Å². The Kier molecular flexibility index (Phi) is 11.9. The van der Waals surface area contributed by atoms with E-state index in [4.69, 9.17) is 16.0 Å². The van der Waals surface area contributed by atoms with Crippen molar-refractivity contribution in [3.63, 3.8) is 0 Å². The number of allylic oxidation sites excluding steroid dienone is 1. The van der Waals surface area contributed by atoms with Crippen LogP contribution in [0.3, 0.4) is 0 Å². The average Bonchev–Trinajstić information content (AvgIpc) is 3.33. The highest BCUT2D eigenvalue weighted by atomic mass is 15.5. The highest BCUT2D eigenvalue weighted by Gasteiger charge is 2.32. The molecule has 8 aromatic carbocycles. The molecule has 0 saturated heterocycles. The SMILES string of the molecule is C/C=C1/CN(CC(C)C)Nc2c1c(-c1ccc(N(c3ccccc3)c3ccccc3)cc1)c(N=Nc1ccccc1)c(N)c2-c1ccc(N(c2ccccc2)c2ccccc2)cc1. The van der Waals surface area contributed by atoms with Crippen molar-refractivity contribution >= 4 is 62.4 Å². The van der Waals surface area contributed by atoms with Crippen LogP contribution in [0.5, 0.6) is 0 Å². The summed E-state index contributed by atoms with van der Waals surface area (Å²) in [6.07, 6.45) is 2.23. The van der Waals surface area contributed by atoms with Gasteiger partial charge in [-0.25, -0.2) is 5.01 Å². The number of nitrogens with one attached hydrogen (secondary N) is 1. The van der Waals surface area contributed by atoms with E-state index in [2.05, 4.69) is 193 Å². The summed E-state index contributed by atoms with van der Waals surface area (Å²) in [5, 5.41) is 12.2. The number of para-hydroxylation sites is 4. The predicted octanol–water partition coefficient (Wildman–Crippen LogP) is 15.7. The van der Waals surface area contributed by atoms with Crippen LogP contribution < -0.4 is 21.0 Å². The molecule has 1 aliphatic rings. The van der Waals surface area contributed by atoms with Gasteiger partial charge in [0.15, 0.2) is 0 Å². The van der Waals surface area contributed by atoms with E-state index in [-0.39, 0.29) is 0 Å². The number of hydrazine groups is 1. The fraction of sp³-hybridized carbons (Fsp3) is 0.107. The summed E-state index contributed by atoms with van der Waals surface area (Å²) in [5.41, 5.74) is 26.7. The van der Waals surface area contributed by atoms with Crippen LogP contribution in [-0.4, -0.2) is 18.1 Å². The molecule has 7 nitrogen and oxygen atoms in total. The molecule has 63 heavy (non-hydrogen) atoms. The molecule has 1 heterocycles. The van der Waals surface area contributed by atoms with Crippen molar-refractivity contribution in [2.45, 2.75) is 20.8 Å². The second kappa shape index (κ2) is 18.5. The minimum absolute atomic E-state index is 0.433. The Balaban J connectivity index is 1.24. The van der Waals surface area contributed by atoms with Crippen molar-refractivity contribution in [1.29, 1.82) is 0 Å². The van der Waals surface area contributed by atoms with E-state index in [0.29, 0.717) is 23.8 Å². The third-order valence-corrected chi connectivity index (χ3v) is 11.3. The lowest BCUT2D eigenvalue weighted by molar-refractivity contribution is 0.319. The summed E-state index contributed by atoms with van der Waals surface area (Å²) in [6, 6.07) is 69.2.